The molecule has 0 bridgehead atoms. The number of hydrogen-bond acceptors (Lipinski definition) is 0. The Bertz CT molecular complexity index is 474. The zero-order valence-electron chi connectivity index (χ0n) is 9.57. The third kappa shape index (κ3) is 2.13. The highest BCUT2D eigenvalue weighted by molar-refractivity contribution is 5.36. The molecule has 0 spiro atoms. The largest absolute Gasteiger partial charge is 0.207 e. The van der Waals surface area contributed by atoms with Gasteiger partial charge in [-0.15, -0.1) is 0 Å². The summed E-state index contributed by atoms with van der Waals surface area (Å²) in [6, 6.07) is 15.3. The smallest absolute Gasteiger partial charge is 0.123 e. The predicted octanol–water partition coefficient (Wildman–Crippen LogP) is 4.29. The number of hydrogen-bond donors (Lipinski definition) is 0. The minimum Gasteiger partial charge on any atom is -0.207 e. The number of rotatable bonds is 2. The van der Waals surface area contributed by atoms with Crippen LogP contribution in [0.5, 0.6) is 0 Å². The first-order chi connectivity index (χ1) is 7.68. The highest BCUT2D eigenvalue weighted by Crippen LogP contribution is 2.26. The van der Waals surface area contributed by atoms with Crippen LogP contribution in [0.1, 0.15) is 29.5 Å². The van der Waals surface area contributed by atoms with Crippen molar-refractivity contribution in [2.45, 2.75) is 19.8 Å². The Labute approximate surface area is 95.7 Å². The van der Waals surface area contributed by atoms with Crippen LogP contribution in [0, 0.1) is 12.7 Å². The van der Waals surface area contributed by atoms with Gasteiger partial charge in [-0.2, -0.15) is 0 Å². The lowest BCUT2D eigenvalue weighted by Gasteiger charge is -2.15. The molecule has 2 aromatic rings. The molecule has 16 heavy (non-hydrogen) atoms. The fourth-order valence-corrected chi connectivity index (χ4v) is 2.05. The van der Waals surface area contributed by atoms with Gasteiger partial charge in [-0.25, -0.2) is 4.39 Å². The van der Waals surface area contributed by atoms with E-state index in [9.17, 15) is 4.39 Å². The van der Waals surface area contributed by atoms with E-state index in [2.05, 4.69) is 19.1 Å². The van der Waals surface area contributed by atoms with Crippen LogP contribution in [-0.2, 0) is 0 Å². The zero-order chi connectivity index (χ0) is 11.5. The topological polar surface area (TPSA) is 0 Å². The van der Waals surface area contributed by atoms with Crippen LogP contribution in [-0.4, -0.2) is 0 Å². The Kier molecular flexibility index (Phi) is 3.04. The Balaban J connectivity index is 2.38. The van der Waals surface area contributed by atoms with Crippen LogP contribution >= 0.6 is 0 Å². The molecule has 0 aliphatic heterocycles. The van der Waals surface area contributed by atoms with Gasteiger partial charge in [0.1, 0.15) is 5.82 Å². The van der Waals surface area contributed by atoms with Crippen LogP contribution in [0.3, 0.4) is 0 Å². The van der Waals surface area contributed by atoms with Crippen LogP contribution in [0.25, 0.3) is 0 Å². The summed E-state index contributed by atoms with van der Waals surface area (Å²) in [5.74, 6) is 0.142. The molecule has 0 amide bonds. The maximum absolute atomic E-state index is 13.0. The highest BCUT2D eigenvalue weighted by Gasteiger charge is 2.10. The number of benzene rings is 2. The van der Waals surface area contributed by atoms with E-state index in [1.54, 1.807) is 6.07 Å². The molecule has 0 aromatic heterocycles. The molecule has 0 N–H and O–H groups in total. The van der Waals surface area contributed by atoms with Crippen molar-refractivity contribution in [3.05, 3.63) is 71.0 Å². The molecule has 82 valence electrons. The molecule has 0 fully saturated rings. The van der Waals surface area contributed by atoms with Crippen molar-refractivity contribution in [1.29, 1.82) is 0 Å². The van der Waals surface area contributed by atoms with E-state index in [0.29, 0.717) is 5.92 Å². The minimum atomic E-state index is -0.165. The van der Waals surface area contributed by atoms with Gasteiger partial charge in [0.25, 0.3) is 0 Å². The molecule has 2 rings (SSSR count). The van der Waals surface area contributed by atoms with Crippen molar-refractivity contribution in [3.63, 3.8) is 0 Å². The first kappa shape index (κ1) is 10.9. The second-order valence-electron chi connectivity index (χ2n) is 4.13. The van der Waals surface area contributed by atoms with E-state index in [1.807, 2.05) is 31.2 Å². The van der Waals surface area contributed by atoms with Gasteiger partial charge in [-0.1, -0.05) is 43.3 Å². The summed E-state index contributed by atoms with van der Waals surface area (Å²) < 4.78 is 13.0. The van der Waals surface area contributed by atoms with Gasteiger partial charge in [-0.05, 0) is 35.7 Å². The van der Waals surface area contributed by atoms with Crippen molar-refractivity contribution in [3.8, 4) is 0 Å². The molecule has 0 saturated heterocycles. The Morgan fingerprint density at radius 1 is 1.00 bits per heavy atom. The van der Waals surface area contributed by atoms with Gasteiger partial charge in [0, 0.05) is 5.92 Å². The van der Waals surface area contributed by atoms with E-state index < -0.39 is 0 Å². The van der Waals surface area contributed by atoms with Gasteiger partial charge >= 0.3 is 0 Å². The maximum atomic E-state index is 13.0. The average molecular weight is 214 g/mol. The van der Waals surface area contributed by atoms with Crippen molar-refractivity contribution >= 4 is 0 Å². The zero-order valence-corrected chi connectivity index (χ0v) is 9.57. The van der Waals surface area contributed by atoms with E-state index in [0.717, 1.165) is 5.56 Å². The molecule has 1 atom stereocenters. The third-order valence-corrected chi connectivity index (χ3v) is 3.00. The summed E-state index contributed by atoms with van der Waals surface area (Å²) in [6.45, 7) is 4.10. The summed E-state index contributed by atoms with van der Waals surface area (Å²) in [6.07, 6.45) is 0. The normalized spacial score (nSPS) is 12.4. The second kappa shape index (κ2) is 4.48. The van der Waals surface area contributed by atoms with E-state index in [1.165, 1.54) is 17.2 Å². The van der Waals surface area contributed by atoms with E-state index in [-0.39, 0.29) is 5.82 Å². The average Bonchev–Trinajstić information content (AvgIpc) is 2.29. The monoisotopic (exact) mass is 214 g/mol. The first-order valence-corrected chi connectivity index (χ1v) is 5.49. The molecule has 0 radical (unpaired) electrons. The molecule has 0 aliphatic rings. The second-order valence-corrected chi connectivity index (χ2v) is 4.13. The number of halogens is 1. The van der Waals surface area contributed by atoms with Gasteiger partial charge in [-0.3, -0.25) is 0 Å². The van der Waals surface area contributed by atoms with Crippen molar-refractivity contribution < 1.29 is 4.39 Å². The van der Waals surface area contributed by atoms with E-state index >= 15 is 0 Å². The summed E-state index contributed by atoms with van der Waals surface area (Å²) in [5, 5.41) is 0. The van der Waals surface area contributed by atoms with Crippen LogP contribution in [0.15, 0.2) is 48.5 Å². The summed E-state index contributed by atoms with van der Waals surface area (Å²) in [5.41, 5.74) is 3.46. The van der Waals surface area contributed by atoms with Gasteiger partial charge < -0.3 is 0 Å². The van der Waals surface area contributed by atoms with Crippen LogP contribution < -0.4 is 0 Å². The molecule has 0 unspecified atom stereocenters. The summed E-state index contributed by atoms with van der Waals surface area (Å²) in [7, 11) is 0. The third-order valence-electron chi connectivity index (χ3n) is 3.00. The molecule has 0 aliphatic carbocycles. The molecule has 0 saturated carbocycles. The predicted molar refractivity (Wildman–Crippen MR) is 65.1 cm³/mol. The molecule has 1 heteroatoms. The van der Waals surface area contributed by atoms with E-state index in [4.69, 9.17) is 0 Å². The van der Waals surface area contributed by atoms with Gasteiger partial charge in [0.15, 0.2) is 0 Å². The number of aryl methyl sites for hydroxylation is 1. The standard InChI is InChI=1S/C15H15F/c1-11-10-14(16)8-9-15(11)12(2)13-6-4-3-5-7-13/h3-10,12H,1-2H3/t12-/m0/s1. The Morgan fingerprint density at radius 3 is 2.31 bits per heavy atom. The van der Waals surface area contributed by atoms with Crippen molar-refractivity contribution in [2.24, 2.45) is 0 Å². The Morgan fingerprint density at radius 2 is 1.69 bits per heavy atom. The lowest BCUT2D eigenvalue weighted by molar-refractivity contribution is 0.625. The van der Waals surface area contributed by atoms with Gasteiger partial charge in [0.05, 0.1) is 0 Å². The van der Waals surface area contributed by atoms with Gasteiger partial charge in [0.2, 0.25) is 0 Å². The van der Waals surface area contributed by atoms with Crippen molar-refractivity contribution in [1.82, 2.24) is 0 Å². The summed E-state index contributed by atoms with van der Waals surface area (Å²) in [4.78, 5) is 0. The fourth-order valence-electron chi connectivity index (χ4n) is 2.05. The first-order valence-electron chi connectivity index (χ1n) is 5.49. The minimum absolute atomic E-state index is 0.165. The highest BCUT2D eigenvalue weighted by atomic mass is 19.1. The molecule has 0 nitrogen and oxygen atoms in total. The molecule has 0 heterocycles. The van der Waals surface area contributed by atoms with Crippen molar-refractivity contribution in [2.75, 3.05) is 0 Å². The molecule has 2 aromatic carbocycles. The Hall–Kier alpha value is -1.63. The SMILES string of the molecule is Cc1cc(F)ccc1[C@@H](C)c1ccccc1. The molecular formula is C15H15F. The molecular weight excluding hydrogens is 199 g/mol. The quantitative estimate of drug-likeness (QED) is 0.699. The summed E-state index contributed by atoms with van der Waals surface area (Å²) >= 11 is 0. The fraction of sp³-hybridized carbons (Fsp3) is 0.200. The van der Waals surface area contributed by atoms with Crippen LogP contribution in [0.4, 0.5) is 4.39 Å². The lowest BCUT2D eigenvalue weighted by Crippen LogP contribution is -1.98. The van der Waals surface area contributed by atoms with Crippen LogP contribution in [0.2, 0.25) is 0 Å². The maximum Gasteiger partial charge on any atom is 0.123 e. The lowest BCUT2D eigenvalue weighted by atomic mass is 9.90.